The van der Waals surface area contributed by atoms with Gasteiger partial charge >= 0.3 is 0 Å². The van der Waals surface area contributed by atoms with Gasteiger partial charge in [0.05, 0.1) is 33.2 Å². The van der Waals surface area contributed by atoms with Crippen LogP contribution in [0.3, 0.4) is 0 Å². The molecule has 37 heavy (non-hydrogen) atoms. The van der Waals surface area contributed by atoms with E-state index in [1.165, 1.54) is 0 Å². The van der Waals surface area contributed by atoms with Crippen LogP contribution in [0, 0.1) is 13.8 Å². The summed E-state index contributed by atoms with van der Waals surface area (Å²) in [5, 5.41) is 4.14. The monoisotopic (exact) mass is 565 g/mol. The topological polar surface area (TPSA) is 65.6 Å². The minimum atomic E-state index is -2.38. The maximum Gasteiger partial charge on any atom is 0.161 e. The van der Waals surface area contributed by atoms with Crippen molar-refractivity contribution in [1.82, 2.24) is 14.7 Å². The third-order valence-corrected chi connectivity index (χ3v) is 8.07. The van der Waals surface area contributed by atoms with Gasteiger partial charge in [-0.2, -0.15) is 0 Å². The Morgan fingerprint density at radius 3 is 2.62 bits per heavy atom. The highest BCUT2D eigenvalue weighted by Gasteiger charge is 2.32. The van der Waals surface area contributed by atoms with Crippen LogP contribution in [-0.2, 0) is 9.47 Å². The molecule has 6 rings (SSSR count). The van der Waals surface area contributed by atoms with E-state index in [0.29, 0.717) is 19.6 Å². The number of aromatic nitrogens is 3. The molecular weight excluding hydrogens is 532 g/mol. The predicted octanol–water partition coefficient (Wildman–Crippen LogP) is 7.25. The van der Waals surface area contributed by atoms with Gasteiger partial charge in [0.2, 0.25) is 0 Å². The van der Waals surface area contributed by atoms with Crippen LogP contribution in [0.5, 0.6) is 0 Å². The third kappa shape index (κ3) is 4.46. The Morgan fingerprint density at radius 1 is 1.08 bits per heavy atom. The van der Waals surface area contributed by atoms with Gasteiger partial charge in [0.15, 0.2) is 6.73 Å². The van der Waals surface area contributed by atoms with Gasteiger partial charge in [-0.15, -0.1) is 0 Å². The average Bonchev–Trinajstić information content (AvgIpc) is 3.47. The molecule has 1 aliphatic heterocycles. The number of hydrogen-bond donors (Lipinski definition) is 0. The summed E-state index contributed by atoms with van der Waals surface area (Å²) >= 11 is 3.54. The zero-order chi connectivity index (χ0) is 28.0. The van der Waals surface area contributed by atoms with Crippen LogP contribution >= 0.6 is 15.9 Å². The molecule has 1 saturated carbocycles. The van der Waals surface area contributed by atoms with Crippen LogP contribution in [0.25, 0.3) is 22.2 Å². The molecule has 3 heterocycles. The number of nitrogens with zero attached hydrogens (tertiary/aromatic N) is 4. The first-order chi connectivity index (χ1) is 19.2. The summed E-state index contributed by atoms with van der Waals surface area (Å²) in [5.41, 5.74) is 5.82. The Morgan fingerprint density at radius 2 is 1.89 bits per heavy atom. The number of halogens is 1. The molecule has 192 valence electrons. The number of imidazole rings is 1. The highest BCUT2D eigenvalue weighted by Crippen LogP contribution is 2.40. The fourth-order valence-electron chi connectivity index (χ4n) is 5.71. The first-order valence-electron chi connectivity index (χ1n) is 14.1. The van der Waals surface area contributed by atoms with Gasteiger partial charge < -0.3 is 23.5 Å². The summed E-state index contributed by atoms with van der Waals surface area (Å²) in [6, 6.07) is 14.5. The molecular formula is C29H31BrN4O3. The van der Waals surface area contributed by atoms with Gasteiger partial charge in [-0.1, -0.05) is 27.2 Å². The Bertz CT molecular complexity index is 1520. The Kier molecular flexibility index (Phi) is 5.64. The van der Waals surface area contributed by atoms with Crippen molar-refractivity contribution in [3.05, 3.63) is 76.6 Å². The molecule has 2 aromatic heterocycles. The molecule has 2 aliphatic rings. The standard InChI is InChI=1S/C29H31BrN4O3/c1-18-28(19(2)37-32-18)20-4-13-26-25(16-20)31-29(34(26)23-9-11-24(35-3)12-10-23)27-14-15-36-17-33(27)22-7-5-21(30)6-8-22/h4-8,13-16,23-24,27H,9-12,17H2,1-3H3/t23?,24?,27-/m0/s1/i3D3. The van der Waals surface area contributed by atoms with Gasteiger partial charge in [0.1, 0.15) is 17.6 Å². The molecule has 4 aromatic rings. The lowest BCUT2D eigenvalue weighted by Gasteiger charge is -2.36. The molecule has 0 spiro atoms. The van der Waals surface area contributed by atoms with E-state index in [1.807, 2.05) is 32.1 Å². The van der Waals surface area contributed by atoms with E-state index in [1.54, 1.807) is 6.26 Å². The lowest BCUT2D eigenvalue weighted by atomic mass is 9.92. The van der Waals surface area contributed by atoms with Crippen molar-refractivity contribution in [1.29, 1.82) is 0 Å². The number of methoxy groups -OCH3 is 1. The fourth-order valence-corrected chi connectivity index (χ4v) is 5.98. The summed E-state index contributed by atoms with van der Waals surface area (Å²) in [6.45, 7) is 4.27. The first-order valence-corrected chi connectivity index (χ1v) is 13.4. The van der Waals surface area contributed by atoms with Gasteiger partial charge in [0.25, 0.3) is 0 Å². The Hall–Kier alpha value is -3.10. The van der Waals surface area contributed by atoms with Crippen molar-refractivity contribution in [2.45, 2.75) is 57.7 Å². The molecule has 1 aliphatic carbocycles. The zero-order valence-corrected chi connectivity index (χ0v) is 22.4. The van der Waals surface area contributed by atoms with Crippen molar-refractivity contribution in [3.63, 3.8) is 0 Å². The normalized spacial score (nSPS) is 23.5. The van der Waals surface area contributed by atoms with Crippen molar-refractivity contribution < 1.29 is 18.1 Å². The molecule has 7 nitrogen and oxygen atoms in total. The predicted molar refractivity (Wildman–Crippen MR) is 147 cm³/mol. The van der Waals surface area contributed by atoms with E-state index in [2.05, 4.69) is 60.9 Å². The summed E-state index contributed by atoms with van der Waals surface area (Å²) in [6.07, 6.45) is 6.49. The molecule has 0 bridgehead atoms. The number of anilines is 1. The number of benzene rings is 2. The van der Waals surface area contributed by atoms with Crippen LogP contribution in [0.15, 0.2) is 63.8 Å². The Labute approximate surface area is 229 Å². The van der Waals surface area contributed by atoms with E-state index >= 15 is 0 Å². The molecule has 0 saturated heterocycles. The lowest BCUT2D eigenvalue weighted by Crippen LogP contribution is -2.34. The third-order valence-electron chi connectivity index (χ3n) is 7.54. The molecule has 0 unspecified atom stereocenters. The highest BCUT2D eigenvalue weighted by atomic mass is 79.9. The number of rotatable bonds is 5. The quantitative estimate of drug-likeness (QED) is 0.254. The first kappa shape index (κ1) is 20.9. The van der Waals surface area contributed by atoms with E-state index in [4.69, 9.17) is 23.1 Å². The largest absolute Gasteiger partial charge is 0.481 e. The van der Waals surface area contributed by atoms with Gasteiger partial charge in [-0.25, -0.2) is 4.98 Å². The SMILES string of the molecule is [2H]C([2H])([2H])OC1CCC(n2c([C@@H]3C=COCN3c3ccc(Br)cc3)nc3cc(-c4c(C)noc4C)ccc32)CC1. The van der Waals surface area contributed by atoms with E-state index in [0.717, 1.165) is 62.4 Å². The molecule has 0 N–H and O–H groups in total. The molecule has 8 heteroatoms. The second-order valence-corrected chi connectivity index (χ2v) is 10.7. The molecule has 0 radical (unpaired) electrons. The maximum atomic E-state index is 7.52. The van der Waals surface area contributed by atoms with Gasteiger partial charge in [-0.3, -0.25) is 0 Å². The zero-order valence-electron chi connectivity index (χ0n) is 23.9. The molecule has 2 aromatic carbocycles. The second kappa shape index (κ2) is 9.99. The summed E-state index contributed by atoms with van der Waals surface area (Å²) in [4.78, 5) is 7.44. The van der Waals surface area contributed by atoms with Crippen LogP contribution in [0.4, 0.5) is 5.69 Å². The molecule has 1 fully saturated rings. The maximum absolute atomic E-state index is 7.52. The summed E-state index contributed by atoms with van der Waals surface area (Å²) < 4.78 is 42.5. The molecule has 0 amide bonds. The fraction of sp³-hybridized carbons (Fsp3) is 0.379. The van der Waals surface area contributed by atoms with E-state index < -0.39 is 7.04 Å². The van der Waals surface area contributed by atoms with Crippen molar-refractivity contribution in [3.8, 4) is 11.1 Å². The van der Waals surface area contributed by atoms with Gasteiger partial charge in [-0.05, 0) is 87.6 Å². The van der Waals surface area contributed by atoms with Crippen LogP contribution in [-0.4, -0.2) is 34.6 Å². The number of hydrogen-bond acceptors (Lipinski definition) is 6. The van der Waals surface area contributed by atoms with Crippen LogP contribution in [0.1, 0.15) is 59.2 Å². The van der Waals surface area contributed by atoms with Crippen LogP contribution < -0.4 is 4.90 Å². The second-order valence-electron chi connectivity index (χ2n) is 9.81. The minimum Gasteiger partial charge on any atom is -0.481 e. The van der Waals surface area contributed by atoms with E-state index in [-0.39, 0.29) is 18.2 Å². The van der Waals surface area contributed by atoms with Crippen molar-refractivity contribution in [2.75, 3.05) is 18.7 Å². The number of ether oxygens (including phenoxy) is 2. The summed E-state index contributed by atoms with van der Waals surface area (Å²) in [7, 11) is -2.38. The lowest BCUT2D eigenvalue weighted by molar-refractivity contribution is 0.0584. The molecule has 1 atom stereocenters. The number of fused-ring (bicyclic) bond motifs is 1. The minimum absolute atomic E-state index is 0.152. The average molecular weight is 567 g/mol. The smallest absolute Gasteiger partial charge is 0.161 e. The summed E-state index contributed by atoms with van der Waals surface area (Å²) in [5.74, 6) is 1.70. The van der Waals surface area contributed by atoms with Gasteiger partial charge in [0, 0.05) is 28.8 Å². The van der Waals surface area contributed by atoms with E-state index in [9.17, 15) is 0 Å². The van der Waals surface area contributed by atoms with Crippen molar-refractivity contribution in [2.24, 2.45) is 0 Å². The Balaban J connectivity index is 1.43. The highest BCUT2D eigenvalue weighted by molar-refractivity contribution is 9.10. The van der Waals surface area contributed by atoms with Crippen molar-refractivity contribution >= 4 is 32.7 Å². The van der Waals surface area contributed by atoms with Crippen LogP contribution in [0.2, 0.25) is 0 Å². The number of aryl methyl sites for hydroxylation is 2.